The average Bonchev–Trinajstić information content (AvgIpc) is 2.34. The maximum absolute atomic E-state index is 4.86. The predicted octanol–water partition coefficient (Wildman–Crippen LogP) is 4.24. The highest BCUT2D eigenvalue weighted by Gasteiger charge is 2.26. The number of hydrogen-bond acceptors (Lipinski definition) is 2. The lowest BCUT2D eigenvalue weighted by Crippen LogP contribution is -2.33. The van der Waals surface area contributed by atoms with E-state index in [0.29, 0.717) is 0 Å². The van der Waals surface area contributed by atoms with Gasteiger partial charge in [-0.15, -0.1) is 0 Å². The first-order valence-corrected chi connectivity index (χ1v) is 7.03. The molecule has 0 amide bonds. The van der Waals surface area contributed by atoms with Crippen LogP contribution in [0.5, 0.6) is 0 Å². The molecule has 2 heteroatoms. The number of nitrogens with zero attached hydrogens (tertiary/aromatic N) is 1. The van der Waals surface area contributed by atoms with E-state index in [-0.39, 0.29) is 11.5 Å². The van der Waals surface area contributed by atoms with Crippen molar-refractivity contribution in [1.29, 1.82) is 0 Å². The van der Waals surface area contributed by atoms with E-state index < -0.39 is 0 Å². The zero-order chi connectivity index (χ0) is 14.0. The van der Waals surface area contributed by atoms with Gasteiger partial charge in [0, 0.05) is 5.39 Å². The summed E-state index contributed by atoms with van der Waals surface area (Å²) >= 11 is 0. The monoisotopic (exact) mass is 256 g/mol. The number of pyridine rings is 1. The summed E-state index contributed by atoms with van der Waals surface area (Å²) in [6, 6.07) is 10.9. The van der Waals surface area contributed by atoms with Crippen LogP contribution in [0.1, 0.15) is 45.0 Å². The molecule has 0 radical (unpaired) electrons. The third-order valence-corrected chi connectivity index (χ3v) is 3.51. The first-order chi connectivity index (χ1) is 8.93. The van der Waals surface area contributed by atoms with E-state index in [0.717, 1.165) is 17.8 Å². The highest BCUT2D eigenvalue weighted by Crippen LogP contribution is 2.33. The van der Waals surface area contributed by atoms with Gasteiger partial charge in [0.15, 0.2) is 0 Å². The number of aryl methyl sites for hydroxylation is 1. The van der Waals surface area contributed by atoms with Gasteiger partial charge >= 0.3 is 0 Å². The molecule has 1 aromatic carbocycles. The van der Waals surface area contributed by atoms with Crippen molar-refractivity contribution in [3.63, 3.8) is 0 Å². The van der Waals surface area contributed by atoms with Crippen LogP contribution in [0.15, 0.2) is 30.3 Å². The van der Waals surface area contributed by atoms with Crippen LogP contribution in [0.4, 0.5) is 0 Å². The second-order valence-electron chi connectivity index (χ2n) is 6.24. The van der Waals surface area contributed by atoms with E-state index in [2.05, 4.69) is 70.3 Å². The van der Waals surface area contributed by atoms with Crippen LogP contribution >= 0.6 is 0 Å². The first-order valence-electron chi connectivity index (χ1n) is 7.03. The molecule has 1 unspecified atom stereocenters. The van der Waals surface area contributed by atoms with Crippen molar-refractivity contribution in [2.75, 3.05) is 6.54 Å². The normalized spacial score (nSPS) is 13.7. The molecule has 1 heterocycles. The molecule has 1 N–H and O–H groups in total. The van der Waals surface area contributed by atoms with Gasteiger partial charge in [-0.2, -0.15) is 0 Å². The van der Waals surface area contributed by atoms with Crippen molar-refractivity contribution in [3.05, 3.63) is 41.6 Å². The molecule has 0 aliphatic carbocycles. The summed E-state index contributed by atoms with van der Waals surface area (Å²) in [7, 11) is 0. The Hall–Kier alpha value is -1.41. The molecule has 0 fully saturated rings. The lowest BCUT2D eigenvalue weighted by atomic mass is 9.84. The highest BCUT2D eigenvalue weighted by atomic mass is 15.0. The summed E-state index contributed by atoms with van der Waals surface area (Å²) in [6.07, 6.45) is 0. The maximum Gasteiger partial charge on any atom is 0.0708 e. The highest BCUT2D eigenvalue weighted by molar-refractivity contribution is 5.82. The van der Waals surface area contributed by atoms with E-state index in [4.69, 9.17) is 4.98 Å². The molecular weight excluding hydrogens is 232 g/mol. The Kier molecular flexibility index (Phi) is 3.91. The number of fused-ring (bicyclic) bond motifs is 1. The van der Waals surface area contributed by atoms with Crippen LogP contribution in [-0.2, 0) is 0 Å². The van der Waals surface area contributed by atoms with Gasteiger partial charge in [-0.3, -0.25) is 4.98 Å². The Morgan fingerprint density at radius 3 is 2.53 bits per heavy atom. The molecule has 102 valence electrons. The molecule has 0 aliphatic heterocycles. The molecule has 0 aliphatic rings. The molecule has 0 saturated carbocycles. The topological polar surface area (TPSA) is 24.9 Å². The molecule has 0 saturated heterocycles. The van der Waals surface area contributed by atoms with E-state index >= 15 is 0 Å². The van der Waals surface area contributed by atoms with E-state index in [1.165, 1.54) is 10.9 Å². The Morgan fingerprint density at radius 2 is 1.89 bits per heavy atom. The van der Waals surface area contributed by atoms with Crippen molar-refractivity contribution in [2.45, 2.75) is 40.7 Å². The predicted molar refractivity (Wildman–Crippen MR) is 82.4 cm³/mol. The summed E-state index contributed by atoms with van der Waals surface area (Å²) in [5, 5.41) is 4.81. The fourth-order valence-electron chi connectivity index (χ4n) is 2.58. The molecule has 0 bridgehead atoms. The minimum atomic E-state index is 0.151. The molecule has 1 aromatic heterocycles. The smallest absolute Gasteiger partial charge is 0.0708 e. The first kappa shape index (κ1) is 14.0. The van der Waals surface area contributed by atoms with Crippen molar-refractivity contribution in [3.8, 4) is 0 Å². The lowest BCUT2D eigenvalue weighted by Gasteiger charge is -2.31. The molecule has 19 heavy (non-hydrogen) atoms. The average molecular weight is 256 g/mol. The van der Waals surface area contributed by atoms with Gasteiger partial charge in [0.05, 0.1) is 17.3 Å². The minimum absolute atomic E-state index is 0.151. The van der Waals surface area contributed by atoms with Gasteiger partial charge in [-0.05, 0) is 36.6 Å². The zero-order valence-electron chi connectivity index (χ0n) is 12.6. The summed E-state index contributed by atoms with van der Waals surface area (Å²) in [6.45, 7) is 12.0. The second kappa shape index (κ2) is 5.30. The number of para-hydroxylation sites is 1. The standard InChI is InChI=1S/C17H24N2/c1-6-18-16(17(3,4)5)15-11-12(2)13-9-7-8-10-14(13)19-15/h7-11,16,18H,6H2,1-5H3. The second-order valence-corrected chi connectivity index (χ2v) is 6.24. The number of hydrogen-bond donors (Lipinski definition) is 1. The summed E-state index contributed by atoms with van der Waals surface area (Å²) in [4.78, 5) is 4.86. The van der Waals surface area contributed by atoms with Crippen molar-refractivity contribution in [2.24, 2.45) is 5.41 Å². The van der Waals surface area contributed by atoms with Crippen LogP contribution in [0, 0.1) is 12.3 Å². The number of benzene rings is 1. The van der Waals surface area contributed by atoms with Crippen molar-refractivity contribution >= 4 is 10.9 Å². The zero-order valence-corrected chi connectivity index (χ0v) is 12.6. The molecule has 1 atom stereocenters. The van der Waals surface area contributed by atoms with E-state index in [1.54, 1.807) is 0 Å². The van der Waals surface area contributed by atoms with Gasteiger partial charge in [-0.25, -0.2) is 0 Å². The molecule has 2 aromatic rings. The Bertz CT molecular complexity index is 567. The van der Waals surface area contributed by atoms with Gasteiger partial charge in [0.2, 0.25) is 0 Å². The van der Waals surface area contributed by atoms with Crippen molar-refractivity contribution < 1.29 is 0 Å². The molecular formula is C17H24N2. The SMILES string of the molecule is CCNC(c1cc(C)c2ccccc2n1)C(C)(C)C. The third-order valence-electron chi connectivity index (χ3n) is 3.51. The van der Waals surface area contributed by atoms with E-state index in [1.807, 2.05) is 0 Å². The summed E-state index contributed by atoms with van der Waals surface area (Å²) in [5.74, 6) is 0. The third kappa shape index (κ3) is 2.95. The number of nitrogens with one attached hydrogen (secondary N) is 1. The van der Waals surface area contributed by atoms with Gasteiger partial charge in [0.25, 0.3) is 0 Å². The Morgan fingerprint density at radius 1 is 1.21 bits per heavy atom. The van der Waals surface area contributed by atoms with Crippen molar-refractivity contribution in [1.82, 2.24) is 10.3 Å². The Balaban J connectivity index is 2.54. The van der Waals surface area contributed by atoms with Crippen LogP contribution < -0.4 is 5.32 Å². The lowest BCUT2D eigenvalue weighted by molar-refractivity contribution is 0.272. The molecule has 2 rings (SSSR count). The minimum Gasteiger partial charge on any atom is -0.308 e. The Labute approximate surface area is 116 Å². The molecule has 0 spiro atoms. The van der Waals surface area contributed by atoms with Crippen LogP contribution in [0.3, 0.4) is 0 Å². The van der Waals surface area contributed by atoms with Gasteiger partial charge in [0.1, 0.15) is 0 Å². The van der Waals surface area contributed by atoms with Gasteiger partial charge < -0.3 is 5.32 Å². The van der Waals surface area contributed by atoms with Crippen LogP contribution in [-0.4, -0.2) is 11.5 Å². The number of aromatic nitrogens is 1. The van der Waals surface area contributed by atoms with E-state index in [9.17, 15) is 0 Å². The fourth-order valence-corrected chi connectivity index (χ4v) is 2.58. The van der Waals surface area contributed by atoms with Crippen LogP contribution in [0.25, 0.3) is 10.9 Å². The van der Waals surface area contributed by atoms with Gasteiger partial charge in [-0.1, -0.05) is 45.9 Å². The summed E-state index contributed by atoms with van der Waals surface area (Å²) < 4.78 is 0. The van der Waals surface area contributed by atoms with Crippen LogP contribution in [0.2, 0.25) is 0 Å². The maximum atomic E-state index is 4.86. The fraction of sp³-hybridized carbons (Fsp3) is 0.471. The number of rotatable bonds is 3. The quantitative estimate of drug-likeness (QED) is 0.888. The largest absolute Gasteiger partial charge is 0.308 e. The summed E-state index contributed by atoms with van der Waals surface area (Å²) in [5.41, 5.74) is 3.68. The molecule has 2 nitrogen and oxygen atoms in total.